The van der Waals surface area contributed by atoms with Crippen LogP contribution in [-0.4, -0.2) is 78.8 Å². The van der Waals surface area contributed by atoms with Crippen LogP contribution in [0.4, 0.5) is 5.82 Å². The van der Waals surface area contributed by atoms with Crippen molar-refractivity contribution in [2.24, 2.45) is 5.92 Å². The Morgan fingerprint density at radius 3 is 2.38 bits per heavy atom. The lowest BCUT2D eigenvalue weighted by Gasteiger charge is -2.52. The van der Waals surface area contributed by atoms with E-state index in [1.54, 1.807) is 0 Å². The number of hydrogen-bond donors (Lipinski definition) is 0. The Morgan fingerprint density at radius 1 is 1.03 bits per heavy atom. The maximum Gasteiger partial charge on any atom is 0.128 e. The molecule has 2 aromatic rings. The molecule has 3 heterocycles. The van der Waals surface area contributed by atoms with Crippen molar-refractivity contribution < 1.29 is 4.74 Å². The molecule has 0 N–H and O–H groups in total. The van der Waals surface area contributed by atoms with Gasteiger partial charge >= 0.3 is 0 Å². The molecule has 2 aliphatic heterocycles. The molecule has 0 bridgehead atoms. The number of hydrogen-bond acceptors (Lipinski definition) is 5. The van der Waals surface area contributed by atoms with Gasteiger partial charge in [0.25, 0.3) is 0 Å². The van der Waals surface area contributed by atoms with E-state index in [0.29, 0.717) is 24.0 Å². The number of piperidine rings is 1. The van der Waals surface area contributed by atoms with Crippen molar-refractivity contribution in [2.75, 3.05) is 44.7 Å². The number of aromatic nitrogens is 1. The van der Waals surface area contributed by atoms with Crippen molar-refractivity contribution in [3.05, 3.63) is 59.2 Å². The van der Waals surface area contributed by atoms with Crippen LogP contribution in [0.15, 0.2) is 48.7 Å². The number of nitrogens with zero attached hydrogens (tertiary/aromatic N) is 4. The predicted octanol–water partition coefficient (Wildman–Crippen LogP) is 4.99. The zero-order valence-electron chi connectivity index (χ0n) is 21.2. The molecule has 0 spiro atoms. The lowest BCUT2D eigenvalue weighted by Crippen LogP contribution is -2.64. The van der Waals surface area contributed by atoms with E-state index >= 15 is 0 Å². The molecule has 34 heavy (non-hydrogen) atoms. The fourth-order valence-electron chi connectivity index (χ4n) is 5.73. The third kappa shape index (κ3) is 6.31. The fourth-order valence-corrected chi connectivity index (χ4v) is 5.85. The Balaban J connectivity index is 1.51. The van der Waals surface area contributed by atoms with E-state index in [2.05, 4.69) is 64.7 Å². The maximum atomic E-state index is 6.18. The number of anilines is 1. The number of halogens is 1. The SMILES string of the molecule is CO[C@H](C)CN1C[C@H](Cc2ccc(Cl)cc2)N(C2CCN(c3ccccn3)CC2)CC1C(C)C. The smallest absolute Gasteiger partial charge is 0.128 e. The van der Waals surface area contributed by atoms with Crippen LogP contribution in [0.3, 0.4) is 0 Å². The van der Waals surface area contributed by atoms with Gasteiger partial charge in [-0.3, -0.25) is 9.80 Å². The summed E-state index contributed by atoms with van der Waals surface area (Å²) in [5.41, 5.74) is 1.37. The molecule has 2 saturated heterocycles. The average molecular weight is 485 g/mol. The highest BCUT2D eigenvalue weighted by Gasteiger charge is 2.39. The summed E-state index contributed by atoms with van der Waals surface area (Å²) in [4.78, 5) is 12.6. The summed E-state index contributed by atoms with van der Waals surface area (Å²) in [5, 5.41) is 0.807. The van der Waals surface area contributed by atoms with E-state index in [9.17, 15) is 0 Å². The lowest BCUT2D eigenvalue weighted by molar-refractivity contribution is -0.0398. The number of rotatable bonds is 8. The summed E-state index contributed by atoms with van der Waals surface area (Å²) in [6.07, 6.45) is 5.57. The molecular formula is C28H41ClN4O. The largest absolute Gasteiger partial charge is 0.380 e. The standard InChI is InChI=1S/C28H41ClN4O/c1-21(2)27-20-33(25-12-15-31(16-13-25)28-7-5-6-14-30-28)26(19-32(27)18-22(3)34-4)17-23-8-10-24(29)11-9-23/h5-11,14,21-22,25-27H,12-13,15-20H2,1-4H3/t22-,26+,27?/m1/s1. The summed E-state index contributed by atoms with van der Waals surface area (Å²) < 4.78 is 5.66. The normalized spacial score (nSPS) is 24.0. The molecule has 186 valence electrons. The van der Waals surface area contributed by atoms with Crippen LogP contribution in [0.1, 0.15) is 39.2 Å². The number of pyridine rings is 1. The molecule has 4 rings (SSSR count). The lowest BCUT2D eigenvalue weighted by atomic mass is 9.90. The monoisotopic (exact) mass is 484 g/mol. The van der Waals surface area contributed by atoms with E-state index in [1.807, 2.05) is 31.5 Å². The van der Waals surface area contributed by atoms with Crippen LogP contribution in [0.2, 0.25) is 5.02 Å². The topological polar surface area (TPSA) is 31.8 Å². The highest BCUT2D eigenvalue weighted by atomic mass is 35.5. The number of ether oxygens (including phenoxy) is 1. The van der Waals surface area contributed by atoms with E-state index in [0.717, 1.165) is 50.0 Å². The first-order valence-corrected chi connectivity index (χ1v) is 13.3. The van der Waals surface area contributed by atoms with Crippen molar-refractivity contribution in [3.8, 4) is 0 Å². The van der Waals surface area contributed by atoms with Crippen LogP contribution in [-0.2, 0) is 11.2 Å². The molecule has 6 heteroatoms. The zero-order valence-corrected chi connectivity index (χ0v) is 22.0. The van der Waals surface area contributed by atoms with E-state index < -0.39 is 0 Å². The molecule has 0 aliphatic carbocycles. The third-order valence-corrected chi connectivity index (χ3v) is 7.99. The van der Waals surface area contributed by atoms with Gasteiger partial charge in [0.2, 0.25) is 0 Å². The number of benzene rings is 1. The van der Waals surface area contributed by atoms with Crippen molar-refractivity contribution in [1.82, 2.24) is 14.8 Å². The minimum atomic E-state index is 0.241. The molecule has 0 saturated carbocycles. The Bertz CT molecular complexity index is 870. The van der Waals surface area contributed by atoms with Crippen LogP contribution >= 0.6 is 11.6 Å². The summed E-state index contributed by atoms with van der Waals surface area (Å²) in [7, 11) is 1.83. The highest BCUT2D eigenvalue weighted by Crippen LogP contribution is 2.30. The van der Waals surface area contributed by atoms with Gasteiger partial charge < -0.3 is 9.64 Å². The molecular weight excluding hydrogens is 444 g/mol. The summed E-state index contributed by atoms with van der Waals surface area (Å²) >= 11 is 6.18. The molecule has 1 unspecified atom stereocenters. The Morgan fingerprint density at radius 2 is 1.76 bits per heavy atom. The van der Waals surface area contributed by atoms with E-state index in [1.165, 1.54) is 18.4 Å². The Labute approximate surface area is 211 Å². The van der Waals surface area contributed by atoms with Gasteiger partial charge in [0.1, 0.15) is 5.82 Å². The Hall–Kier alpha value is -1.66. The zero-order chi connectivity index (χ0) is 24.1. The van der Waals surface area contributed by atoms with E-state index in [-0.39, 0.29) is 6.10 Å². The number of methoxy groups -OCH3 is 1. The van der Waals surface area contributed by atoms with Crippen LogP contribution in [0.5, 0.6) is 0 Å². The Kier molecular flexibility index (Phi) is 8.86. The second-order valence-electron chi connectivity index (χ2n) is 10.4. The first kappa shape index (κ1) is 25.4. The van der Waals surface area contributed by atoms with E-state index in [4.69, 9.17) is 16.3 Å². The first-order chi connectivity index (χ1) is 16.4. The van der Waals surface area contributed by atoms with Crippen molar-refractivity contribution >= 4 is 17.4 Å². The predicted molar refractivity (Wildman–Crippen MR) is 142 cm³/mol. The maximum absolute atomic E-state index is 6.18. The third-order valence-electron chi connectivity index (χ3n) is 7.74. The molecule has 2 fully saturated rings. The second kappa shape index (κ2) is 11.9. The molecule has 2 aliphatic rings. The molecule has 0 amide bonds. The average Bonchev–Trinajstić information content (AvgIpc) is 2.86. The van der Waals surface area contributed by atoms with Crippen molar-refractivity contribution in [2.45, 2.75) is 64.3 Å². The quantitative estimate of drug-likeness (QED) is 0.526. The molecule has 0 radical (unpaired) electrons. The van der Waals surface area contributed by atoms with Gasteiger partial charge in [-0.25, -0.2) is 4.98 Å². The van der Waals surface area contributed by atoms with Crippen LogP contribution in [0, 0.1) is 5.92 Å². The van der Waals surface area contributed by atoms with Gasteiger partial charge in [0.05, 0.1) is 6.10 Å². The molecule has 3 atom stereocenters. The van der Waals surface area contributed by atoms with Gasteiger partial charge in [0.15, 0.2) is 0 Å². The fraction of sp³-hybridized carbons (Fsp3) is 0.607. The van der Waals surface area contributed by atoms with Crippen molar-refractivity contribution in [3.63, 3.8) is 0 Å². The van der Waals surface area contributed by atoms with Gasteiger partial charge in [-0.05, 0) is 61.9 Å². The molecule has 5 nitrogen and oxygen atoms in total. The van der Waals surface area contributed by atoms with Gasteiger partial charge in [-0.1, -0.05) is 43.6 Å². The van der Waals surface area contributed by atoms with Gasteiger partial charge in [-0.2, -0.15) is 0 Å². The summed E-state index contributed by atoms with van der Waals surface area (Å²) in [5.74, 6) is 1.72. The minimum absolute atomic E-state index is 0.241. The van der Waals surface area contributed by atoms with Gasteiger partial charge in [-0.15, -0.1) is 0 Å². The summed E-state index contributed by atoms with van der Waals surface area (Å²) in [6, 6.07) is 16.3. The van der Waals surface area contributed by atoms with Gasteiger partial charge in [0, 0.05) is 69.2 Å². The molecule has 1 aromatic carbocycles. The summed E-state index contributed by atoms with van der Waals surface area (Å²) in [6.45, 7) is 12.3. The van der Waals surface area contributed by atoms with Crippen LogP contribution < -0.4 is 4.90 Å². The first-order valence-electron chi connectivity index (χ1n) is 12.9. The van der Waals surface area contributed by atoms with Crippen molar-refractivity contribution in [1.29, 1.82) is 0 Å². The number of piperazine rings is 1. The minimum Gasteiger partial charge on any atom is -0.380 e. The highest BCUT2D eigenvalue weighted by molar-refractivity contribution is 6.30. The van der Waals surface area contributed by atoms with Crippen LogP contribution in [0.25, 0.3) is 0 Å². The second-order valence-corrected chi connectivity index (χ2v) is 10.8. The molecule has 1 aromatic heterocycles.